The summed E-state index contributed by atoms with van der Waals surface area (Å²) in [7, 11) is 0. The third kappa shape index (κ3) is 2.98. The van der Waals surface area contributed by atoms with Gasteiger partial charge in [-0.25, -0.2) is 4.68 Å². The molecule has 5 heteroatoms. The van der Waals surface area contributed by atoms with Gasteiger partial charge in [0.25, 0.3) is 0 Å². The van der Waals surface area contributed by atoms with E-state index >= 15 is 0 Å². The zero-order valence-corrected chi connectivity index (χ0v) is 11.8. The monoisotopic (exact) mass is 274 g/mol. The smallest absolute Gasteiger partial charge is 0.210 e. The molecule has 0 saturated carbocycles. The molecule has 0 atom stereocenters. The number of hydrogen-bond donors (Lipinski definition) is 1. The second-order valence-corrected chi connectivity index (χ2v) is 5.72. The Hall–Kier alpha value is -1.49. The van der Waals surface area contributed by atoms with Crippen LogP contribution in [0.3, 0.4) is 0 Å². The highest BCUT2D eigenvalue weighted by molar-refractivity contribution is 6.07. The Kier molecular flexibility index (Phi) is 4.25. The van der Waals surface area contributed by atoms with Gasteiger partial charge in [0.05, 0.1) is 12.2 Å². The molecule has 2 aliphatic rings. The van der Waals surface area contributed by atoms with Gasteiger partial charge in [0.1, 0.15) is 0 Å². The lowest BCUT2D eigenvalue weighted by Gasteiger charge is -2.22. The molecule has 108 valence electrons. The van der Waals surface area contributed by atoms with Crippen molar-refractivity contribution in [3.8, 4) is 0 Å². The Morgan fingerprint density at radius 3 is 2.95 bits per heavy atom. The maximum absolute atomic E-state index is 12.5. The summed E-state index contributed by atoms with van der Waals surface area (Å²) >= 11 is 0. The van der Waals surface area contributed by atoms with E-state index in [0.29, 0.717) is 11.7 Å². The van der Waals surface area contributed by atoms with Crippen molar-refractivity contribution in [3.63, 3.8) is 0 Å². The number of rotatable bonds is 3. The molecule has 3 rings (SSSR count). The topological polar surface area (TPSA) is 59.8 Å². The van der Waals surface area contributed by atoms with Crippen LogP contribution in [0.25, 0.3) is 0 Å². The molecule has 0 amide bonds. The number of nitrogens with zero attached hydrogens (tertiary/aromatic N) is 3. The van der Waals surface area contributed by atoms with Gasteiger partial charge in [0, 0.05) is 0 Å². The van der Waals surface area contributed by atoms with E-state index in [1.807, 2.05) is 10.9 Å². The van der Waals surface area contributed by atoms with Crippen LogP contribution in [0.4, 0.5) is 0 Å². The second-order valence-electron chi connectivity index (χ2n) is 5.72. The maximum atomic E-state index is 12.5. The molecule has 1 aliphatic carbocycles. The lowest BCUT2D eigenvalue weighted by molar-refractivity contribution is 0.102. The average Bonchev–Trinajstić information content (AvgIpc) is 2.83. The summed E-state index contributed by atoms with van der Waals surface area (Å²) in [5.74, 6) is 0.0760. The Morgan fingerprint density at radius 1 is 1.25 bits per heavy atom. The summed E-state index contributed by atoms with van der Waals surface area (Å²) in [5.41, 5.74) is 1.44. The van der Waals surface area contributed by atoms with Crippen molar-refractivity contribution < 1.29 is 4.79 Å². The standard InChI is InChI=1S/C15H22N4O/c20-15(12-5-3-1-2-4-6-12)14-11-19(18-17-14)13-7-9-16-10-8-13/h5,11,13,16H,1-4,6-10H2. The Bertz CT molecular complexity index is 500. The van der Waals surface area contributed by atoms with Gasteiger partial charge in [-0.15, -0.1) is 5.10 Å². The molecule has 1 saturated heterocycles. The molecule has 1 aromatic rings. The number of aromatic nitrogens is 3. The van der Waals surface area contributed by atoms with Gasteiger partial charge in [0.15, 0.2) is 5.69 Å². The first-order valence-corrected chi connectivity index (χ1v) is 7.71. The summed E-state index contributed by atoms with van der Waals surface area (Å²) < 4.78 is 1.88. The molecule has 5 nitrogen and oxygen atoms in total. The van der Waals surface area contributed by atoms with Crippen molar-refractivity contribution in [1.82, 2.24) is 20.3 Å². The number of Topliss-reactive ketones (excluding diaryl/α,β-unsaturated/α-hetero) is 1. The second kappa shape index (κ2) is 6.31. The van der Waals surface area contributed by atoms with E-state index in [4.69, 9.17) is 0 Å². The van der Waals surface area contributed by atoms with Crippen molar-refractivity contribution >= 4 is 5.78 Å². The van der Waals surface area contributed by atoms with E-state index < -0.39 is 0 Å². The Labute approximate surface area is 119 Å². The number of allylic oxidation sites excluding steroid dienone is 2. The summed E-state index contributed by atoms with van der Waals surface area (Å²) in [6.45, 7) is 2.03. The first kappa shape index (κ1) is 13.5. The molecule has 0 radical (unpaired) electrons. The van der Waals surface area contributed by atoms with E-state index in [-0.39, 0.29) is 5.78 Å². The van der Waals surface area contributed by atoms with Crippen LogP contribution in [-0.2, 0) is 0 Å². The van der Waals surface area contributed by atoms with Crippen LogP contribution in [0.15, 0.2) is 17.8 Å². The van der Waals surface area contributed by atoms with Gasteiger partial charge in [-0.2, -0.15) is 0 Å². The minimum atomic E-state index is 0.0760. The summed E-state index contributed by atoms with van der Waals surface area (Å²) in [6.07, 6.45) is 11.5. The predicted octanol–water partition coefficient (Wildman–Crippen LogP) is 2.28. The first-order valence-electron chi connectivity index (χ1n) is 7.71. The molecular formula is C15H22N4O. The lowest BCUT2D eigenvalue weighted by atomic mass is 10.0. The van der Waals surface area contributed by atoms with Gasteiger partial charge in [0.2, 0.25) is 5.78 Å². The van der Waals surface area contributed by atoms with Crippen LogP contribution >= 0.6 is 0 Å². The van der Waals surface area contributed by atoms with Gasteiger partial charge in [-0.3, -0.25) is 4.79 Å². The number of nitrogens with one attached hydrogen (secondary N) is 1. The highest BCUT2D eigenvalue weighted by atomic mass is 16.1. The van der Waals surface area contributed by atoms with E-state index in [1.165, 1.54) is 12.8 Å². The quantitative estimate of drug-likeness (QED) is 0.859. The van der Waals surface area contributed by atoms with Gasteiger partial charge in [-0.05, 0) is 57.2 Å². The largest absolute Gasteiger partial charge is 0.317 e. The van der Waals surface area contributed by atoms with Crippen molar-refractivity contribution in [1.29, 1.82) is 0 Å². The fourth-order valence-electron chi connectivity index (χ4n) is 3.02. The van der Waals surface area contributed by atoms with Crippen LogP contribution in [0.5, 0.6) is 0 Å². The third-order valence-electron chi connectivity index (χ3n) is 4.26. The highest BCUT2D eigenvalue weighted by Crippen LogP contribution is 2.21. The molecule has 0 spiro atoms. The number of ketones is 1. The van der Waals surface area contributed by atoms with Crippen LogP contribution in [0, 0.1) is 0 Å². The molecule has 1 aliphatic heterocycles. The van der Waals surface area contributed by atoms with Crippen LogP contribution < -0.4 is 5.32 Å². The van der Waals surface area contributed by atoms with Gasteiger partial charge >= 0.3 is 0 Å². The number of carbonyl (C=O) groups excluding carboxylic acids is 1. The minimum Gasteiger partial charge on any atom is -0.317 e. The summed E-state index contributed by atoms with van der Waals surface area (Å²) in [6, 6.07) is 0.383. The number of hydrogen-bond acceptors (Lipinski definition) is 4. The van der Waals surface area contributed by atoms with Crippen LogP contribution in [0.1, 0.15) is 61.5 Å². The predicted molar refractivity (Wildman–Crippen MR) is 76.7 cm³/mol. The molecule has 1 N–H and O–H groups in total. The van der Waals surface area contributed by atoms with E-state index in [0.717, 1.165) is 50.8 Å². The molecule has 0 bridgehead atoms. The fraction of sp³-hybridized carbons (Fsp3) is 0.667. The zero-order valence-electron chi connectivity index (χ0n) is 11.8. The minimum absolute atomic E-state index is 0.0760. The van der Waals surface area contributed by atoms with E-state index in [9.17, 15) is 4.79 Å². The molecular weight excluding hydrogens is 252 g/mol. The van der Waals surface area contributed by atoms with Gasteiger partial charge in [-0.1, -0.05) is 17.7 Å². The number of carbonyl (C=O) groups is 1. The van der Waals surface area contributed by atoms with Crippen LogP contribution in [-0.4, -0.2) is 33.9 Å². The van der Waals surface area contributed by atoms with E-state index in [1.54, 1.807) is 0 Å². The maximum Gasteiger partial charge on any atom is 0.210 e. The molecule has 0 aromatic carbocycles. The molecule has 0 unspecified atom stereocenters. The lowest BCUT2D eigenvalue weighted by Crippen LogP contribution is -2.29. The van der Waals surface area contributed by atoms with Crippen molar-refractivity contribution in [2.45, 2.75) is 51.0 Å². The Morgan fingerprint density at radius 2 is 2.10 bits per heavy atom. The normalized spacial score (nSPS) is 21.3. The third-order valence-corrected chi connectivity index (χ3v) is 4.26. The zero-order chi connectivity index (χ0) is 13.8. The summed E-state index contributed by atoms with van der Waals surface area (Å²) in [5, 5.41) is 11.6. The molecule has 2 heterocycles. The van der Waals surface area contributed by atoms with Crippen molar-refractivity contribution in [2.75, 3.05) is 13.1 Å². The molecule has 1 fully saturated rings. The fourth-order valence-corrected chi connectivity index (χ4v) is 3.02. The SMILES string of the molecule is O=C(C1=CCCCCC1)c1cn(C2CCNCC2)nn1. The average molecular weight is 274 g/mol. The number of piperidine rings is 1. The van der Waals surface area contributed by atoms with Crippen molar-refractivity contribution in [3.05, 3.63) is 23.5 Å². The highest BCUT2D eigenvalue weighted by Gasteiger charge is 2.20. The van der Waals surface area contributed by atoms with Gasteiger partial charge < -0.3 is 5.32 Å². The first-order chi connectivity index (χ1) is 9.84. The molecule has 1 aromatic heterocycles. The van der Waals surface area contributed by atoms with Crippen molar-refractivity contribution in [2.24, 2.45) is 0 Å². The molecule has 20 heavy (non-hydrogen) atoms. The Balaban J connectivity index is 1.72. The van der Waals surface area contributed by atoms with Crippen LogP contribution in [0.2, 0.25) is 0 Å². The van der Waals surface area contributed by atoms with E-state index in [2.05, 4.69) is 21.7 Å². The summed E-state index contributed by atoms with van der Waals surface area (Å²) in [4.78, 5) is 12.5.